The minimum absolute atomic E-state index is 0.117. The van der Waals surface area contributed by atoms with E-state index in [2.05, 4.69) is 4.98 Å². The Kier molecular flexibility index (Phi) is 8.93. The number of aromatic nitrogens is 1. The van der Waals surface area contributed by atoms with Gasteiger partial charge in [0.25, 0.3) is 0 Å². The number of aliphatic hydroxyl groups is 1. The Balaban J connectivity index is 1.37. The van der Waals surface area contributed by atoms with Gasteiger partial charge in [-0.25, -0.2) is 0 Å². The Morgan fingerprint density at radius 1 is 0.783 bits per heavy atom. The van der Waals surface area contributed by atoms with Gasteiger partial charge in [0, 0.05) is 34.4 Å². The van der Waals surface area contributed by atoms with E-state index >= 15 is 0 Å². The van der Waals surface area contributed by atoms with Gasteiger partial charge in [-0.2, -0.15) is 0 Å². The smallest absolute Gasteiger partial charge is 0.211 e. The molecular weight excluding hydrogens is 596 g/mol. The van der Waals surface area contributed by atoms with Crippen molar-refractivity contribution < 1.29 is 19.5 Å². The van der Waals surface area contributed by atoms with Gasteiger partial charge in [0.2, 0.25) is 5.78 Å². The first-order valence-electron chi connectivity index (χ1n) is 15.3. The summed E-state index contributed by atoms with van der Waals surface area (Å²) in [6.45, 7) is 0. The summed E-state index contributed by atoms with van der Waals surface area (Å²) in [6.07, 6.45) is 3.09. The van der Waals surface area contributed by atoms with E-state index in [0.717, 1.165) is 29.8 Å². The summed E-state index contributed by atoms with van der Waals surface area (Å²) in [5.74, 6) is -1.09. The number of benzene rings is 4. The van der Waals surface area contributed by atoms with Gasteiger partial charge >= 0.3 is 0 Å². The lowest BCUT2D eigenvalue weighted by atomic mass is 9.72. The molecule has 0 amide bonds. The topological polar surface area (TPSA) is 87.6 Å². The SMILES string of the molecule is CN(c1ccc(Cl)cc1)c1ccc(C(=O)c2ccc(C(=O)C3(c4ccccc4)CCCC3)c(C(O)C(=O)c3ccccc3)c2)nc1. The fourth-order valence-corrected chi connectivity index (χ4v) is 6.49. The van der Waals surface area contributed by atoms with Gasteiger partial charge in [0.05, 0.1) is 17.3 Å². The molecule has 1 saturated carbocycles. The van der Waals surface area contributed by atoms with E-state index < -0.39 is 17.3 Å². The summed E-state index contributed by atoms with van der Waals surface area (Å²) in [4.78, 5) is 48.1. The molecule has 6 rings (SSSR count). The highest BCUT2D eigenvalue weighted by atomic mass is 35.5. The predicted octanol–water partition coefficient (Wildman–Crippen LogP) is 8.34. The molecule has 0 aliphatic heterocycles. The van der Waals surface area contributed by atoms with E-state index in [-0.39, 0.29) is 34.0 Å². The van der Waals surface area contributed by atoms with E-state index in [0.29, 0.717) is 23.4 Å². The fraction of sp³-hybridized carbons (Fsp3) is 0.179. The molecule has 46 heavy (non-hydrogen) atoms. The number of carbonyl (C=O) groups excluding carboxylic acids is 3. The monoisotopic (exact) mass is 628 g/mol. The minimum Gasteiger partial charge on any atom is -0.380 e. The van der Waals surface area contributed by atoms with E-state index in [4.69, 9.17) is 11.6 Å². The van der Waals surface area contributed by atoms with E-state index in [1.807, 2.05) is 54.4 Å². The number of halogens is 1. The van der Waals surface area contributed by atoms with E-state index in [9.17, 15) is 19.5 Å². The minimum atomic E-state index is -1.65. The molecule has 1 aromatic heterocycles. The van der Waals surface area contributed by atoms with Crippen LogP contribution in [0.5, 0.6) is 0 Å². The molecule has 6 nitrogen and oxygen atoms in total. The lowest BCUT2D eigenvalue weighted by Crippen LogP contribution is -2.34. The van der Waals surface area contributed by atoms with Crippen LogP contribution < -0.4 is 4.90 Å². The molecule has 1 aliphatic rings. The van der Waals surface area contributed by atoms with E-state index in [1.165, 1.54) is 6.07 Å². The lowest BCUT2D eigenvalue weighted by Gasteiger charge is -2.30. The molecule has 1 unspecified atom stereocenters. The van der Waals surface area contributed by atoms with Crippen LogP contribution in [0.3, 0.4) is 0 Å². The summed E-state index contributed by atoms with van der Waals surface area (Å²) >= 11 is 6.03. The molecule has 0 saturated heterocycles. The Bertz CT molecular complexity index is 1870. The third-order valence-corrected chi connectivity index (χ3v) is 9.21. The van der Waals surface area contributed by atoms with Crippen LogP contribution in [-0.2, 0) is 5.41 Å². The van der Waals surface area contributed by atoms with Crippen molar-refractivity contribution in [3.05, 3.63) is 160 Å². The first kappa shape index (κ1) is 31.1. The number of nitrogens with zero attached hydrogens (tertiary/aromatic N) is 2. The number of carbonyl (C=O) groups is 3. The highest BCUT2D eigenvalue weighted by Crippen LogP contribution is 2.44. The first-order chi connectivity index (χ1) is 22.3. The van der Waals surface area contributed by atoms with Crippen LogP contribution in [0.1, 0.15) is 79.7 Å². The largest absolute Gasteiger partial charge is 0.380 e. The second-order valence-corrected chi connectivity index (χ2v) is 12.1. The summed E-state index contributed by atoms with van der Waals surface area (Å²) in [7, 11) is 1.89. The van der Waals surface area contributed by atoms with Crippen molar-refractivity contribution in [3.8, 4) is 0 Å². The molecule has 5 aromatic rings. The van der Waals surface area contributed by atoms with Gasteiger partial charge in [-0.1, -0.05) is 97.2 Å². The third-order valence-electron chi connectivity index (χ3n) is 8.96. The van der Waals surface area contributed by atoms with Crippen molar-refractivity contribution >= 4 is 40.3 Å². The molecule has 0 spiro atoms. The Morgan fingerprint density at radius 2 is 1.41 bits per heavy atom. The van der Waals surface area contributed by atoms with Gasteiger partial charge in [-0.05, 0) is 66.4 Å². The second kappa shape index (κ2) is 13.2. The van der Waals surface area contributed by atoms with Crippen LogP contribution in [0.25, 0.3) is 0 Å². The molecule has 4 aromatic carbocycles. The number of pyridine rings is 1. The van der Waals surface area contributed by atoms with Crippen LogP contribution in [0.4, 0.5) is 11.4 Å². The van der Waals surface area contributed by atoms with Gasteiger partial charge in [-0.15, -0.1) is 0 Å². The average molecular weight is 629 g/mol. The maximum absolute atomic E-state index is 14.5. The quantitative estimate of drug-likeness (QED) is 0.156. The molecular formula is C39H33ClN2O4. The fourth-order valence-electron chi connectivity index (χ4n) is 6.36. The van der Waals surface area contributed by atoms with Crippen LogP contribution in [0.2, 0.25) is 5.02 Å². The van der Waals surface area contributed by atoms with Crippen LogP contribution in [0, 0.1) is 0 Å². The summed E-state index contributed by atoms with van der Waals surface area (Å²) in [5, 5.41) is 12.2. The van der Waals surface area contributed by atoms with Crippen LogP contribution in [0.15, 0.2) is 121 Å². The molecule has 1 fully saturated rings. The number of anilines is 2. The number of rotatable bonds is 10. The average Bonchev–Trinajstić information content (AvgIpc) is 3.62. The predicted molar refractivity (Wildman–Crippen MR) is 180 cm³/mol. The van der Waals surface area contributed by atoms with Crippen LogP contribution in [-0.4, -0.2) is 34.5 Å². The number of hydrogen-bond donors (Lipinski definition) is 1. The van der Waals surface area contributed by atoms with Crippen molar-refractivity contribution in [2.45, 2.75) is 37.2 Å². The van der Waals surface area contributed by atoms with Crippen molar-refractivity contribution in [2.75, 3.05) is 11.9 Å². The van der Waals surface area contributed by atoms with Crippen molar-refractivity contribution in [1.82, 2.24) is 4.98 Å². The number of aliphatic hydroxyl groups excluding tert-OH is 1. The molecule has 1 atom stereocenters. The third kappa shape index (κ3) is 6.02. The molecule has 1 aliphatic carbocycles. The number of Topliss-reactive ketones (excluding diaryl/α,β-unsaturated/α-hetero) is 2. The molecule has 230 valence electrons. The Labute approximate surface area is 273 Å². The summed E-state index contributed by atoms with van der Waals surface area (Å²) < 4.78 is 0. The van der Waals surface area contributed by atoms with Gasteiger partial charge in [0.1, 0.15) is 11.8 Å². The van der Waals surface area contributed by atoms with Crippen LogP contribution >= 0.6 is 11.6 Å². The molecule has 7 heteroatoms. The summed E-state index contributed by atoms with van der Waals surface area (Å²) in [5.41, 5.74) is 2.90. The summed E-state index contributed by atoms with van der Waals surface area (Å²) in [6, 6.07) is 33.6. The van der Waals surface area contributed by atoms with Crippen molar-refractivity contribution in [1.29, 1.82) is 0 Å². The first-order valence-corrected chi connectivity index (χ1v) is 15.7. The second-order valence-electron chi connectivity index (χ2n) is 11.7. The van der Waals surface area contributed by atoms with Crippen molar-refractivity contribution in [3.63, 3.8) is 0 Å². The highest BCUT2D eigenvalue weighted by molar-refractivity contribution is 6.30. The Morgan fingerprint density at radius 3 is 2.04 bits per heavy atom. The molecule has 0 radical (unpaired) electrons. The van der Waals surface area contributed by atoms with Gasteiger partial charge in [0.15, 0.2) is 11.6 Å². The maximum atomic E-state index is 14.5. The maximum Gasteiger partial charge on any atom is 0.211 e. The van der Waals surface area contributed by atoms with Gasteiger partial charge in [-0.3, -0.25) is 19.4 Å². The molecule has 0 bridgehead atoms. The molecule has 1 N–H and O–H groups in total. The number of hydrogen-bond acceptors (Lipinski definition) is 6. The van der Waals surface area contributed by atoms with Crippen molar-refractivity contribution in [2.24, 2.45) is 0 Å². The van der Waals surface area contributed by atoms with E-state index in [1.54, 1.807) is 72.9 Å². The zero-order chi connectivity index (χ0) is 32.3. The zero-order valence-electron chi connectivity index (χ0n) is 25.4. The molecule has 1 heterocycles. The number of ketones is 3. The highest BCUT2D eigenvalue weighted by Gasteiger charge is 2.44. The standard InChI is InChI=1S/C39H33ClN2O4/c1-42(30-17-15-29(40)16-18-30)31-19-21-34(41-25-31)35(43)27-14-20-32(33(24-27)37(45)36(44)26-10-4-2-5-11-26)38(46)39(22-8-9-23-39)28-12-6-3-7-13-28/h2-7,10-21,24-25,37,45H,8-9,22-23H2,1H3. The Hall–Kier alpha value is -4.91. The zero-order valence-corrected chi connectivity index (χ0v) is 26.2. The van der Waals surface area contributed by atoms with Gasteiger partial charge < -0.3 is 10.0 Å². The normalized spacial score (nSPS) is 14.4. The lowest BCUT2D eigenvalue weighted by molar-refractivity contribution is 0.0740.